The highest BCUT2D eigenvalue weighted by Crippen LogP contribution is 2.30. The van der Waals surface area contributed by atoms with E-state index in [-0.39, 0.29) is 10.8 Å². The van der Waals surface area contributed by atoms with Crippen LogP contribution in [0.4, 0.5) is 16.2 Å². The summed E-state index contributed by atoms with van der Waals surface area (Å²) in [7, 11) is 1.51. The number of carbonyl (C=O) groups is 1. The monoisotopic (exact) mass is 470 g/mol. The van der Waals surface area contributed by atoms with Gasteiger partial charge in [-0.1, -0.05) is 11.6 Å². The second-order valence-corrected chi connectivity index (χ2v) is 8.13. The molecular formula is C21H23ClN8O3. The minimum absolute atomic E-state index is 0.183. The topological polar surface area (TPSA) is 151 Å². The summed E-state index contributed by atoms with van der Waals surface area (Å²) in [6.07, 6.45) is 3.84. The first kappa shape index (κ1) is 24.1. The number of nitriles is 1. The van der Waals surface area contributed by atoms with E-state index in [0.29, 0.717) is 33.9 Å². The van der Waals surface area contributed by atoms with E-state index in [1.54, 1.807) is 27.7 Å². The first-order valence-electron chi connectivity index (χ1n) is 9.86. The fourth-order valence-electron chi connectivity index (χ4n) is 2.98. The first-order valence-corrected chi connectivity index (χ1v) is 10.2. The van der Waals surface area contributed by atoms with Crippen molar-refractivity contribution in [2.24, 2.45) is 0 Å². The number of aromatic nitrogens is 5. The summed E-state index contributed by atoms with van der Waals surface area (Å²) >= 11 is 6.31. The molecule has 1 unspecified atom stereocenters. The minimum Gasteiger partial charge on any atom is -0.384 e. The van der Waals surface area contributed by atoms with E-state index in [1.807, 2.05) is 0 Å². The van der Waals surface area contributed by atoms with Gasteiger partial charge in [0.25, 0.3) is 0 Å². The van der Waals surface area contributed by atoms with Crippen LogP contribution in [0.5, 0.6) is 0 Å². The second kappa shape index (κ2) is 9.50. The number of ether oxygens (including phenoxy) is 1. The lowest BCUT2D eigenvalue weighted by Gasteiger charge is -2.18. The highest BCUT2D eigenvalue weighted by atomic mass is 35.5. The van der Waals surface area contributed by atoms with Gasteiger partial charge in [-0.2, -0.15) is 10.4 Å². The van der Waals surface area contributed by atoms with E-state index in [0.717, 1.165) is 0 Å². The molecule has 2 amide bonds. The Labute approximate surface area is 195 Å². The van der Waals surface area contributed by atoms with E-state index < -0.39 is 17.7 Å². The summed E-state index contributed by atoms with van der Waals surface area (Å²) in [6, 6.07) is 3.02. The van der Waals surface area contributed by atoms with E-state index in [9.17, 15) is 15.2 Å². The second-order valence-electron chi connectivity index (χ2n) is 7.72. The molecule has 1 atom stereocenters. The molecule has 11 nitrogen and oxygen atoms in total. The summed E-state index contributed by atoms with van der Waals surface area (Å²) in [6.45, 7) is 6.66. The fourth-order valence-corrected chi connectivity index (χ4v) is 3.22. The third-order valence-corrected chi connectivity index (χ3v) is 5.09. The number of hydrogen-bond donors (Lipinski definition) is 3. The van der Waals surface area contributed by atoms with Gasteiger partial charge in [0.2, 0.25) is 0 Å². The van der Waals surface area contributed by atoms with Crippen LogP contribution < -0.4 is 10.6 Å². The summed E-state index contributed by atoms with van der Waals surface area (Å²) in [5.74, 6) is 0.232. The molecule has 0 aliphatic rings. The van der Waals surface area contributed by atoms with Gasteiger partial charge in [-0.25, -0.2) is 9.78 Å². The van der Waals surface area contributed by atoms with Gasteiger partial charge in [0, 0.05) is 12.7 Å². The van der Waals surface area contributed by atoms with Crippen LogP contribution in [-0.4, -0.2) is 43.2 Å². The molecule has 0 bridgehead atoms. The van der Waals surface area contributed by atoms with Crippen LogP contribution in [0.2, 0.25) is 5.02 Å². The summed E-state index contributed by atoms with van der Waals surface area (Å²) < 4.78 is 5.36. The fraction of sp³-hybridized carbons (Fsp3) is 0.333. The highest BCUT2D eigenvalue weighted by molar-refractivity contribution is 6.32. The Hall–Kier alpha value is -3.59. The maximum atomic E-state index is 12.6. The Morgan fingerprint density at radius 1 is 1.30 bits per heavy atom. The largest absolute Gasteiger partial charge is 0.384 e. The molecule has 3 aromatic rings. The summed E-state index contributed by atoms with van der Waals surface area (Å²) in [5, 5.41) is 33.3. The van der Waals surface area contributed by atoms with Gasteiger partial charge in [0.15, 0.2) is 5.82 Å². The van der Waals surface area contributed by atoms with Crippen molar-refractivity contribution in [3.63, 3.8) is 0 Å². The van der Waals surface area contributed by atoms with Crippen molar-refractivity contribution in [1.82, 2.24) is 25.0 Å². The molecule has 172 valence electrons. The smallest absolute Gasteiger partial charge is 0.323 e. The van der Waals surface area contributed by atoms with Crippen LogP contribution in [0.3, 0.4) is 0 Å². The zero-order valence-electron chi connectivity index (χ0n) is 18.7. The van der Waals surface area contributed by atoms with Gasteiger partial charge in [-0.05, 0) is 33.8 Å². The maximum Gasteiger partial charge on any atom is 0.323 e. The highest BCUT2D eigenvalue weighted by Gasteiger charge is 2.22. The van der Waals surface area contributed by atoms with Crippen LogP contribution in [0.25, 0.3) is 5.82 Å². The number of aryl methyl sites for hydroxylation is 1. The number of urea groups is 1. The minimum atomic E-state index is -1.17. The Balaban J connectivity index is 1.80. The quantitative estimate of drug-likeness (QED) is 0.495. The standard InChI is InChI=1S/C21H23ClN8O3/c1-11-14(7-23)18(12(2)33-5)16(9-24-11)28-20(31)27-13-6-15(22)19(25-8-13)30-26-10-17(29-30)21(3,4)32/h6,8-10,12,32H,1-5H3,(H2,27,28,31). The zero-order valence-corrected chi connectivity index (χ0v) is 19.5. The number of methoxy groups -OCH3 is 1. The van der Waals surface area contributed by atoms with Crippen LogP contribution in [-0.2, 0) is 10.3 Å². The number of pyridine rings is 2. The summed E-state index contributed by atoms with van der Waals surface area (Å²) in [4.78, 5) is 22.2. The number of nitrogens with one attached hydrogen (secondary N) is 2. The van der Waals surface area contributed by atoms with E-state index in [4.69, 9.17) is 16.3 Å². The molecule has 0 aliphatic carbocycles. The molecule has 0 aromatic carbocycles. The average Bonchev–Trinajstić information content (AvgIpc) is 3.24. The predicted molar refractivity (Wildman–Crippen MR) is 121 cm³/mol. The molecule has 0 saturated heterocycles. The van der Waals surface area contributed by atoms with Crippen molar-refractivity contribution in [1.29, 1.82) is 5.26 Å². The molecular weight excluding hydrogens is 448 g/mol. The van der Waals surface area contributed by atoms with Crippen LogP contribution in [0, 0.1) is 18.3 Å². The molecule has 3 N–H and O–H groups in total. The number of carbonyl (C=O) groups excluding carboxylic acids is 1. The lowest BCUT2D eigenvalue weighted by molar-refractivity contribution is 0.0734. The molecule has 0 fully saturated rings. The van der Waals surface area contributed by atoms with Crippen molar-refractivity contribution in [3.8, 4) is 11.9 Å². The van der Waals surface area contributed by atoms with Crippen molar-refractivity contribution < 1.29 is 14.6 Å². The molecule has 3 aromatic heterocycles. The van der Waals surface area contributed by atoms with E-state index >= 15 is 0 Å². The molecule has 3 heterocycles. The third kappa shape index (κ3) is 5.25. The molecule has 0 spiro atoms. The Kier molecular flexibility index (Phi) is 6.92. The summed E-state index contributed by atoms with van der Waals surface area (Å²) in [5.41, 5.74) is 1.26. The lowest BCUT2D eigenvalue weighted by Crippen LogP contribution is -2.22. The lowest BCUT2D eigenvalue weighted by atomic mass is 10.0. The third-order valence-electron chi connectivity index (χ3n) is 4.82. The number of nitrogens with zero attached hydrogens (tertiary/aromatic N) is 6. The van der Waals surface area contributed by atoms with Crippen molar-refractivity contribution >= 4 is 29.0 Å². The van der Waals surface area contributed by atoms with Gasteiger partial charge in [-0.3, -0.25) is 4.98 Å². The maximum absolute atomic E-state index is 12.6. The SMILES string of the molecule is COC(C)c1c(NC(=O)Nc2cnc(-n3ncc(C(C)(C)O)n3)c(Cl)c2)cnc(C)c1C#N. The Morgan fingerprint density at radius 3 is 2.61 bits per heavy atom. The van der Waals surface area contributed by atoms with Gasteiger partial charge in [-0.15, -0.1) is 9.90 Å². The van der Waals surface area contributed by atoms with Crippen LogP contribution in [0.15, 0.2) is 24.7 Å². The molecule has 0 radical (unpaired) electrons. The number of amides is 2. The molecule has 0 aliphatic heterocycles. The zero-order chi connectivity index (χ0) is 24.3. The number of halogens is 1. The van der Waals surface area contributed by atoms with Crippen molar-refractivity contribution in [2.75, 3.05) is 17.7 Å². The van der Waals surface area contributed by atoms with Gasteiger partial charge in [0.05, 0.1) is 52.3 Å². The molecule has 33 heavy (non-hydrogen) atoms. The number of rotatable bonds is 6. The van der Waals surface area contributed by atoms with Crippen molar-refractivity contribution in [3.05, 3.63) is 52.2 Å². The molecule has 12 heteroatoms. The number of anilines is 2. The average molecular weight is 471 g/mol. The van der Waals surface area contributed by atoms with E-state index in [2.05, 4.69) is 36.9 Å². The number of aliphatic hydroxyl groups is 1. The van der Waals surface area contributed by atoms with E-state index in [1.165, 1.54) is 36.6 Å². The Morgan fingerprint density at radius 2 is 2.03 bits per heavy atom. The Bertz CT molecular complexity index is 1230. The molecule has 0 saturated carbocycles. The van der Waals surface area contributed by atoms with Crippen LogP contribution >= 0.6 is 11.6 Å². The normalized spacial score (nSPS) is 12.2. The van der Waals surface area contributed by atoms with Gasteiger partial charge in [0.1, 0.15) is 17.4 Å². The van der Waals surface area contributed by atoms with Gasteiger partial charge < -0.3 is 20.5 Å². The van der Waals surface area contributed by atoms with Crippen LogP contribution in [0.1, 0.15) is 49.4 Å². The molecule has 3 rings (SSSR count). The first-order chi connectivity index (χ1) is 15.5. The predicted octanol–water partition coefficient (Wildman–Crippen LogP) is 3.47. The van der Waals surface area contributed by atoms with Gasteiger partial charge >= 0.3 is 6.03 Å². The number of hydrogen-bond acceptors (Lipinski definition) is 8. The van der Waals surface area contributed by atoms with Crippen molar-refractivity contribution in [2.45, 2.75) is 39.4 Å².